The van der Waals surface area contributed by atoms with Gasteiger partial charge in [-0.3, -0.25) is 9.69 Å². The van der Waals surface area contributed by atoms with E-state index in [1.165, 1.54) is 18.4 Å². The molecule has 0 atom stereocenters. The lowest BCUT2D eigenvalue weighted by atomic mass is 10.1. The number of fused-ring (bicyclic) bond motifs is 1. The van der Waals surface area contributed by atoms with Gasteiger partial charge >= 0.3 is 0 Å². The highest BCUT2D eigenvalue weighted by atomic mass is 35.5. The third-order valence-corrected chi connectivity index (χ3v) is 6.94. The number of benzene rings is 2. The lowest BCUT2D eigenvalue weighted by molar-refractivity contribution is 0.0945. The molecule has 0 bridgehead atoms. The summed E-state index contributed by atoms with van der Waals surface area (Å²) in [5.74, 6) is 0.581. The molecule has 5 aromatic rings. The van der Waals surface area contributed by atoms with Crippen molar-refractivity contribution in [2.45, 2.75) is 25.9 Å². The molecule has 3 aromatic heterocycles. The van der Waals surface area contributed by atoms with E-state index in [2.05, 4.69) is 52.9 Å². The molecule has 11 nitrogen and oxygen atoms in total. The minimum atomic E-state index is -0.470. The standard InChI is InChI=1S/C28H27ClN10O/c29-20-4-3-5-21(14-20)33-23-10-11-24-35-36-25(39(24)37-23)16-32-28(40)26-27(30)31-15-22(34-26)19-8-6-18(7-9-19)17-38-12-1-2-13-38/h3-11,14-15H,1-2,12-13,16-17H2,(H2,30,31)(H,32,40)(H,33,37). The topological polar surface area (TPSA) is 139 Å². The van der Waals surface area contributed by atoms with E-state index in [-0.39, 0.29) is 18.1 Å². The predicted molar refractivity (Wildman–Crippen MR) is 153 cm³/mol. The summed E-state index contributed by atoms with van der Waals surface area (Å²) in [7, 11) is 0. The van der Waals surface area contributed by atoms with Gasteiger partial charge in [0.15, 0.2) is 28.8 Å². The van der Waals surface area contributed by atoms with E-state index >= 15 is 0 Å². The Balaban J connectivity index is 1.15. The molecule has 2 aromatic carbocycles. The Bertz CT molecular complexity index is 1660. The fraction of sp³-hybridized carbons (Fsp3) is 0.214. The van der Waals surface area contributed by atoms with Crippen LogP contribution in [0.2, 0.25) is 5.02 Å². The highest BCUT2D eigenvalue weighted by Gasteiger charge is 2.17. The number of nitrogens with two attached hydrogens (primary N) is 1. The Morgan fingerprint density at radius 2 is 1.85 bits per heavy atom. The number of rotatable bonds is 8. The second kappa shape index (κ2) is 11.2. The number of anilines is 3. The van der Waals surface area contributed by atoms with Crippen molar-refractivity contribution in [3.8, 4) is 11.3 Å². The van der Waals surface area contributed by atoms with Crippen molar-refractivity contribution in [1.82, 2.24) is 40.0 Å². The van der Waals surface area contributed by atoms with Crippen LogP contribution in [0.25, 0.3) is 16.9 Å². The molecule has 1 fully saturated rings. The van der Waals surface area contributed by atoms with Crippen LogP contribution in [0.1, 0.15) is 34.7 Å². The van der Waals surface area contributed by atoms with Gasteiger partial charge in [0.25, 0.3) is 5.91 Å². The van der Waals surface area contributed by atoms with E-state index in [0.29, 0.717) is 28.0 Å². The van der Waals surface area contributed by atoms with Gasteiger partial charge in [-0.05, 0) is 61.8 Å². The van der Waals surface area contributed by atoms with Gasteiger partial charge in [-0.2, -0.15) is 4.52 Å². The number of aromatic nitrogens is 6. The molecule has 6 rings (SSSR count). The molecule has 4 N–H and O–H groups in total. The number of halogens is 1. The summed E-state index contributed by atoms with van der Waals surface area (Å²) in [4.78, 5) is 24.2. The van der Waals surface area contributed by atoms with Crippen LogP contribution in [0, 0.1) is 0 Å². The van der Waals surface area contributed by atoms with E-state index in [1.54, 1.807) is 35.0 Å². The van der Waals surface area contributed by atoms with Crippen LogP contribution < -0.4 is 16.4 Å². The van der Waals surface area contributed by atoms with Crippen LogP contribution in [-0.4, -0.2) is 53.7 Å². The summed E-state index contributed by atoms with van der Waals surface area (Å²) < 4.78 is 1.56. The number of hydrogen-bond acceptors (Lipinski definition) is 9. The second-order valence-electron chi connectivity index (χ2n) is 9.59. The Labute approximate surface area is 235 Å². The van der Waals surface area contributed by atoms with Gasteiger partial charge in [0.2, 0.25) is 0 Å². The van der Waals surface area contributed by atoms with Gasteiger partial charge in [0.05, 0.1) is 18.4 Å². The number of nitrogens with zero attached hydrogens (tertiary/aromatic N) is 7. The SMILES string of the molecule is Nc1ncc(-c2ccc(CN3CCCC3)cc2)nc1C(=O)NCc1nnc2ccc(Nc3cccc(Cl)c3)nn12. The number of amides is 1. The van der Waals surface area contributed by atoms with E-state index in [9.17, 15) is 4.79 Å². The highest BCUT2D eigenvalue weighted by molar-refractivity contribution is 6.30. The first-order valence-corrected chi connectivity index (χ1v) is 13.4. The molecule has 0 unspecified atom stereocenters. The number of hydrogen-bond donors (Lipinski definition) is 3. The van der Waals surface area contributed by atoms with Gasteiger partial charge in [0, 0.05) is 22.8 Å². The average molecular weight is 555 g/mol. The third kappa shape index (κ3) is 5.70. The van der Waals surface area contributed by atoms with Gasteiger partial charge in [-0.1, -0.05) is 41.9 Å². The van der Waals surface area contributed by atoms with Crippen molar-refractivity contribution >= 4 is 40.5 Å². The minimum absolute atomic E-state index is 0.0451. The van der Waals surface area contributed by atoms with E-state index in [1.807, 2.05) is 24.3 Å². The van der Waals surface area contributed by atoms with E-state index < -0.39 is 5.91 Å². The summed E-state index contributed by atoms with van der Waals surface area (Å²) in [6.45, 7) is 3.28. The maximum Gasteiger partial charge on any atom is 0.274 e. The third-order valence-electron chi connectivity index (χ3n) is 6.70. The second-order valence-corrected chi connectivity index (χ2v) is 10.0. The zero-order chi connectivity index (χ0) is 27.5. The van der Waals surface area contributed by atoms with Crippen molar-refractivity contribution in [1.29, 1.82) is 0 Å². The van der Waals surface area contributed by atoms with Crippen LogP contribution in [0.4, 0.5) is 17.3 Å². The number of nitrogen functional groups attached to an aromatic ring is 1. The first kappa shape index (κ1) is 25.7. The van der Waals surface area contributed by atoms with Gasteiger partial charge in [-0.25, -0.2) is 9.97 Å². The Morgan fingerprint density at radius 1 is 1.02 bits per heavy atom. The molecule has 1 saturated heterocycles. The molecule has 1 amide bonds. The highest BCUT2D eigenvalue weighted by Crippen LogP contribution is 2.22. The Morgan fingerprint density at radius 3 is 2.65 bits per heavy atom. The smallest absolute Gasteiger partial charge is 0.274 e. The van der Waals surface area contributed by atoms with Crippen LogP contribution in [0.15, 0.2) is 66.9 Å². The monoisotopic (exact) mass is 554 g/mol. The molecular formula is C28H27ClN10O. The quantitative estimate of drug-likeness (QED) is 0.259. The van der Waals surface area contributed by atoms with Crippen molar-refractivity contribution < 1.29 is 4.79 Å². The van der Waals surface area contributed by atoms with E-state index in [4.69, 9.17) is 17.3 Å². The minimum Gasteiger partial charge on any atom is -0.382 e. The summed E-state index contributed by atoms with van der Waals surface area (Å²) in [6.07, 6.45) is 4.10. The Hall–Kier alpha value is -4.61. The fourth-order valence-corrected chi connectivity index (χ4v) is 4.84. The van der Waals surface area contributed by atoms with Gasteiger partial charge in [0.1, 0.15) is 0 Å². The van der Waals surface area contributed by atoms with Crippen LogP contribution in [0.5, 0.6) is 0 Å². The molecule has 0 radical (unpaired) electrons. The maximum atomic E-state index is 13.1. The molecular weight excluding hydrogens is 528 g/mol. The van der Waals surface area contributed by atoms with E-state index in [0.717, 1.165) is 30.9 Å². The van der Waals surface area contributed by atoms with Crippen molar-refractivity contribution in [2.75, 3.05) is 24.1 Å². The summed E-state index contributed by atoms with van der Waals surface area (Å²) in [6, 6.07) is 19.0. The molecule has 4 heterocycles. The van der Waals surface area contributed by atoms with Gasteiger partial charge < -0.3 is 16.4 Å². The van der Waals surface area contributed by atoms with Gasteiger partial charge in [-0.15, -0.1) is 15.3 Å². The molecule has 1 aliphatic rings. The molecule has 12 heteroatoms. The normalized spacial score (nSPS) is 13.5. The molecule has 0 saturated carbocycles. The maximum absolute atomic E-state index is 13.1. The van der Waals surface area contributed by atoms with Crippen LogP contribution >= 0.6 is 11.6 Å². The number of carbonyl (C=O) groups excluding carboxylic acids is 1. The molecule has 0 spiro atoms. The lowest BCUT2D eigenvalue weighted by Gasteiger charge is -2.14. The van der Waals surface area contributed by atoms with Crippen molar-refractivity contribution in [3.05, 3.63) is 89.0 Å². The number of carbonyl (C=O) groups is 1. The van der Waals surface area contributed by atoms with Crippen LogP contribution in [-0.2, 0) is 13.1 Å². The fourth-order valence-electron chi connectivity index (χ4n) is 4.65. The average Bonchev–Trinajstić information content (AvgIpc) is 3.62. The van der Waals surface area contributed by atoms with Crippen molar-refractivity contribution in [3.63, 3.8) is 0 Å². The molecule has 40 heavy (non-hydrogen) atoms. The predicted octanol–water partition coefficient (Wildman–Crippen LogP) is 4.09. The number of likely N-dealkylation sites (tertiary alicyclic amines) is 1. The largest absolute Gasteiger partial charge is 0.382 e. The molecule has 0 aliphatic carbocycles. The lowest BCUT2D eigenvalue weighted by Crippen LogP contribution is -2.26. The Kier molecular flexibility index (Phi) is 7.21. The first-order chi connectivity index (χ1) is 19.5. The molecule has 1 aliphatic heterocycles. The molecule has 202 valence electrons. The summed E-state index contributed by atoms with van der Waals surface area (Å²) in [5.41, 5.74) is 10.1. The summed E-state index contributed by atoms with van der Waals surface area (Å²) >= 11 is 6.08. The van der Waals surface area contributed by atoms with Crippen molar-refractivity contribution in [2.24, 2.45) is 0 Å². The zero-order valence-corrected chi connectivity index (χ0v) is 22.3. The number of nitrogens with one attached hydrogen (secondary N) is 2. The first-order valence-electron chi connectivity index (χ1n) is 13.0. The summed E-state index contributed by atoms with van der Waals surface area (Å²) in [5, 5.41) is 19.5. The van der Waals surface area contributed by atoms with Crippen LogP contribution in [0.3, 0.4) is 0 Å². The zero-order valence-electron chi connectivity index (χ0n) is 21.6.